The first-order valence-corrected chi connectivity index (χ1v) is 20.1. The lowest BCUT2D eigenvalue weighted by molar-refractivity contribution is -0.136. The first-order chi connectivity index (χ1) is 29.1. The van der Waals surface area contributed by atoms with Gasteiger partial charge in [0.25, 0.3) is 23.6 Å². The van der Waals surface area contributed by atoms with Crippen LogP contribution in [0.3, 0.4) is 0 Å². The van der Waals surface area contributed by atoms with Gasteiger partial charge in [-0.2, -0.15) is 5.10 Å². The van der Waals surface area contributed by atoms with Crippen LogP contribution in [0.4, 0.5) is 21.5 Å². The summed E-state index contributed by atoms with van der Waals surface area (Å²) in [5, 5.41) is 9.45. The van der Waals surface area contributed by atoms with Gasteiger partial charge in [-0.15, -0.1) is 0 Å². The molecule has 5 aliphatic heterocycles. The Hall–Kier alpha value is -6.31. The molecule has 3 saturated heterocycles. The number of imide groups is 2. The van der Waals surface area contributed by atoms with Crippen LogP contribution in [-0.4, -0.2) is 156 Å². The molecular formula is C41H43FN10O8. The molecule has 0 radical (unpaired) electrons. The summed E-state index contributed by atoms with van der Waals surface area (Å²) in [5.74, 6) is -2.82. The minimum absolute atomic E-state index is 0.0571. The van der Waals surface area contributed by atoms with Crippen molar-refractivity contribution in [2.24, 2.45) is 0 Å². The SMILES string of the molecule is O=C1CCC(N2C(=O)c3ccc(N4CCN(CCOC[C@H](F)CN5Cc6cc(NC(=O)c7cnn8cccnc78)c(N7CCOCC7)cc6C5=O)CC4)cc3C2=O)C(=O)N1. The summed E-state index contributed by atoms with van der Waals surface area (Å²) in [6.07, 6.45) is 3.50. The molecule has 2 N–H and O–H groups in total. The molecule has 18 nitrogen and oxygen atoms in total. The molecule has 19 heteroatoms. The number of anilines is 3. The number of hydrogen-bond donors (Lipinski definition) is 2. The minimum Gasteiger partial charge on any atom is -0.378 e. The normalized spacial score (nSPS) is 20.2. The van der Waals surface area contributed by atoms with Crippen LogP contribution in [0.15, 0.2) is 55.0 Å². The van der Waals surface area contributed by atoms with Crippen LogP contribution in [0.2, 0.25) is 0 Å². The molecule has 2 aromatic heterocycles. The van der Waals surface area contributed by atoms with E-state index in [9.17, 15) is 28.8 Å². The Morgan fingerprint density at radius 1 is 0.950 bits per heavy atom. The summed E-state index contributed by atoms with van der Waals surface area (Å²) in [7, 11) is 0. The Bertz CT molecular complexity index is 2390. The molecule has 2 aromatic carbocycles. The molecule has 4 aromatic rings. The molecule has 7 heterocycles. The second-order valence-corrected chi connectivity index (χ2v) is 15.4. The van der Waals surface area contributed by atoms with Crippen molar-refractivity contribution in [1.29, 1.82) is 0 Å². The number of nitrogens with one attached hydrogen (secondary N) is 2. The third-order valence-electron chi connectivity index (χ3n) is 11.7. The molecule has 9 rings (SSSR count). The zero-order valence-electron chi connectivity index (χ0n) is 32.7. The van der Waals surface area contributed by atoms with E-state index in [0.29, 0.717) is 99.3 Å². The third-order valence-corrected chi connectivity index (χ3v) is 11.7. The number of aromatic nitrogens is 3. The summed E-state index contributed by atoms with van der Waals surface area (Å²) in [6, 6.07) is 9.37. The summed E-state index contributed by atoms with van der Waals surface area (Å²) >= 11 is 0. The number of alkyl halides is 1. The second-order valence-electron chi connectivity index (χ2n) is 15.4. The van der Waals surface area contributed by atoms with Crippen LogP contribution in [0.25, 0.3) is 5.65 Å². The van der Waals surface area contributed by atoms with E-state index >= 15 is 4.39 Å². The lowest BCUT2D eigenvalue weighted by Crippen LogP contribution is -2.54. The van der Waals surface area contributed by atoms with Crippen molar-refractivity contribution in [2.75, 3.05) is 93.9 Å². The van der Waals surface area contributed by atoms with E-state index in [-0.39, 0.29) is 55.5 Å². The maximum atomic E-state index is 15.4. The van der Waals surface area contributed by atoms with Crippen molar-refractivity contribution in [2.45, 2.75) is 31.6 Å². The number of benzene rings is 2. The number of halogens is 1. The van der Waals surface area contributed by atoms with Gasteiger partial charge in [-0.1, -0.05) is 0 Å². The summed E-state index contributed by atoms with van der Waals surface area (Å²) in [6.45, 7) is 5.59. The maximum absolute atomic E-state index is 15.4. The molecule has 6 amide bonds. The summed E-state index contributed by atoms with van der Waals surface area (Å²) < 4.78 is 28.2. The van der Waals surface area contributed by atoms with Crippen molar-refractivity contribution in [1.82, 2.24) is 34.6 Å². The molecule has 2 atom stereocenters. The average molecular weight is 823 g/mol. The van der Waals surface area contributed by atoms with Crippen molar-refractivity contribution in [3.8, 4) is 0 Å². The van der Waals surface area contributed by atoms with Gasteiger partial charge in [0.15, 0.2) is 5.65 Å². The molecule has 5 aliphatic rings. The van der Waals surface area contributed by atoms with Gasteiger partial charge < -0.3 is 29.5 Å². The number of piperazine rings is 1. The van der Waals surface area contributed by atoms with Crippen LogP contribution in [0, 0.1) is 0 Å². The lowest BCUT2D eigenvalue weighted by atomic mass is 10.0. The number of carbonyl (C=O) groups is 6. The van der Waals surface area contributed by atoms with Gasteiger partial charge in [-0.05, 0) is 48.4 Å². The number of hydrogen-bond acceptors (Lipinski definition) is 13. The van der Waals surface area contributed by atoms with Gasteiger partial charge in [0.2, 0.25) is 11.8 Å². The second kappa shape index (κ2) is 16.4. The van der Waals surface area contributed by atoms with E-state index in [1.165, 1.54) is 15.6 Å². The predicted molar refractivity (Wildman–Crippen MR) is 213 cm³/mol. The topological polar surface area (TPSA) is 191 Å². The molecular weight excluding hydrogens is 780 g/mol. The Balaban J connectivity index is 0.754. The summed E-state index contributed by atoms with van der Waals surface area (Å²) in [4.78, 5) is 90.6. The average Bonchev–Trinajstić information content (AvgIpc) is 3.90. The van der Waals surface area contributed by atoms with E-state index in [1.54, 1.807) is 48.8 Å². The van der Waals surface area contributed by atoms with Crippen molar-refractivity contribution in [3.05, 3.63) is 82.8 Å². The van der Waals surface area contributed by atoms with Crippen LogP contribution in [-0.2, 0) is 25.6 Å². The third kappa shape index (κ3) is 7.54. The number of nitrogens with zero attached hydrogens (tertiary/aromatic N) is 8. The number of amides is 6. The smallest absolute Gasteiger partial charge is 0.262 e. The Morgan fingerprint density at radius 2 is 1.75 bits per heavy atom. The Labute approximate surface area is 343 Å². The zero-order valence-corrected chi connectivity index (χ0v) is 32.7. The number of rotatable bonds is 12. The number of carbonyl (C=O) groups excluding carboxylic acids is 6. The highest BCUT2D eigenvalue weighted by molar-refractivity contribution is 6.23. The maximum Gasteiger partial charge on any atom is 0.262 e. The molecule has 312 valence electrons. The largest absolute Gasteiger partial charge is 0.378 e. The fourth-order valence-electron chi connectivity index (χ4n) is 8.48. The summed E-state index contributed by atoms with van der Waals surface area (Å²) in [5.41, 5.74) is 4.35. The van der Waals surface area contributed by atoms with Gasteiger partial charge in [0, 0.05) is 82.4 Å². The fourth-order valence-corrected chi connectivity index (χ4v) is 8.48. The first-order valence-electron chi connectivity index (χ1n) is 20.1. The van der Waals surface area contributed by atoms with Crippen molar-refractivity contribution < 1.29 is 42.6 Å². The van der Waals surface area contributed by atoms with E-state index in [1.807, 2.05) is 0 Å². The van der Waals surface area contributed by atoms with Crippen LogP contribution >= 0.6 is 0 Å². The number of piperidine rings is 1. The molecule has 1 unspecified atom stereocenters. The lowest BCUT2D eigenvalue weighted by Gasteiger charge is -2.36. The van der Waals surface area contributed by atoms with Crippen LogP contribution in [0.1, 0.15) is 59.8 Å². The first kappa shape index (κ1) is 39.2. The van der Waals surface area contributed by atoms with Crippen LogP contribution < -0.4 is 20.4 Å². The molecule has 0 aliphatic carbocycles. The Kier molecular flexibility index (Phi) is 10.7. The van der Waals surface area contributed by atoms with Gasteiger partial charge in [-0.25, -0.2) is 13.9 Å². The molecule has 60 heavy (non-hydrogen) atoms. The number of morpholine rings is 1. The zero-order chi connectivity index (χ0) is 41.5. The number of fused-ring (bicyclic) bond motifs is 3. The quantitative estimate of drug-likeness (QED) is 0.154. The monoisotopic (exact) mass is 822 g/mol. The number of ether oxygens (including phenoxy) is 2. The van der Waals surface area contributed by atoms with Gasteiger partial charge >= 0.3 is 0 Å². The van der Waals surface area contributed by atoms with Gasteiger partial charge in [0.1, 0.15) is 17.8 Å². The molecule has 0 spiro atoms. The highest BCUT2D eigenvalue weighted by Gasteiger charge is 2.45. The predicted octanol–water partition coefficient (Wildman–Crippen LogP) is 1.35. The fraction of sp³-hybridized carbons (Fsp3) is 0.415. The van der Waals surface area contributed by atoms with E-state index < -0.39 is 35.8 Å². The van der Waals surface area contributed by atoms with Crippen molar-refractivity contribution >= 4 is 58.2 Å². The van der Waals surface area contributed by atoms with Crippen molar-refractivity contribution in [3.63, 3.8) is 0 Å². The molecule has 3 fully saturated rings. The molecule has 0 saturated carbocycles. The van der Waals surface area contributed by atoms with Crippen LogP contribution in [0.5, 0.6) is 0 Å². The highest BCUT2D eigenvalue weighted by atomic mass is 19.1. The van der Waals surface area contributed by atoms with E-state index in [0.717, 1.165) is 10.6 Å². The highest BCUT2D eigenvalue weighted by Crippen LogP contribution is 2.36. The van der Waals surface area contributed by atoms with E-state index in [2.05, 4.69) is 35.4 Å². The minimum atomic E-state index is -1.42. The Morgan fingerprint density at radius 3 is 2.55 bits per heavy atom. The standard InChI is InChI=1S/C41H43FN10O8/c42-26(24-60-15-12-47-8-10-48(11-9-47)27-2-3-28-30(19-27)41(58)52(40(28)57)33-4-5-35(53)46-38(33)55)23-50-22-25-18-32(34(20-29(25)39(50)56)49-13-16-59-17-14-49)45-37(54)31-21-44-51-7-1-6-43-36(31)51/h1-3,6-7,18-21,26,33H,4-5,8-17,22-24H2,(H,45,54)(H,46,53,55)/t26-,33?/m1/s1. The van der Waals surface area contributed by atoms with Gasteiger partial charge in [-0.3, -0.25) is 43.9 Å². The van der Waals surface area contributed by atoms with Gasteiger partial charge in [0.05, 0.1) is 61.7 Å². The molecule has 0 bridgehead atoms. The van der Waals surface area contributed by atoms with E-state index in [4.69, 9.17) is 9.47 Å².